The Morgan fingerprint density at radius 3 is 2.87 bits per heavy atom. The molecule has 4 aromatic rings. The highest BCUT2D eigenvalue weighted by Crippen LogP contribution is 2.51. The largest absolute Gasteiger partial charge is 0.489 e. The molecule has 2 aliphatic carbocycles. The first-order valence-electron chi connectivity index (χ1n) is 18.3. The molecule has 11 nitrogen and oxygen atoms in total. The van der Waals surface area contributed by atoms with E-state index >= 15 is 8.78 Å². The van der Waals surface area contributed by atoms with Crippen LogP contribution in [0.1, 0.15) is 50.5 Å². The molecule has 5 fully saturated rings. The molecular formula is C37H36ClF3N8O3S. The number of fused-ring (bicyclic) bond motifs is 2. The number of carbonyl (C=O) groups excluding carboxylic acids is 1. The number of benzene rings is 2. The Balaban J connectivity index is 1.06. The molecule has 2 aromatic carbocycles. The van der Waals surface area contributed by atoms with Crippen LogP contribution < -0.4 is 30.7 Å². The van der Waals surface area contributed by atoms with E-state index < -0.39 is 23.3 Å². The number of nitriles is 1. The van der Waals surface area contributed by atoms with Crippen molar-refractivity contribution in [2.75, 3.05) is 43.5 Å². The van der Waals surface area contributed by atoms with Gasteiger partial charge in [0.25, 0.3) is 0 Å². The number of hydrogen-bond donors (Lipinski definition) is 3. The van der Waals surface area contributed by atoms with Gasteiger partial charge in [-0.1, -0.05) is 17.7 Å². The van der Waals surface area contributed by atoms with Crippen LogP contribution in [0.15, 0.2) is 12.1 Å². The normalized spacial score (nSPS) is 29.0. The summed E-state index contributed by atoms with van der Waals surface area (Å²) < 4.78 is 59.7. The average Bonchev–Trinajstić information content (AvgIpc) is 4.02. The van der Waals surface area contributed by atoms with Crippen LogP contribution in [0.2, 0.25) is 5.02 Å². The lowest BCUT2D eigenvalue weighted by atomic mass is 9.85. The summed E-state index contributed by atoms with van der Waals surface area (Å²) in [6, 6.07) is 4.63. The van der Waals surface area contributed by atoms with Crippen LogP contribution >= 0.6 is 22.9 Å². The lowest BCUT2D eigenvalue weighted by Crippen LogP contribution is -2.55. The molecule has 10 rings (SSSR count). The van der Waals surface area contributed by atoms with Gasteiger partial charge in [-0.2, -0.15) is 15.2 Å². The summed E-state index contributed by atoms with van der Waals surface area (Å²) in [4.78, 5) is 26.6. The van der Waals surface area contributed by atoms with Gasteiger partial charge in [-0.05, 0) is 62.6 Å². The van der Waals surface area contributed by atoms with E-state index in [9.17, 15) is 14.4 Å². The van der Waals surface area contributed by atoms with Crippen LogP contribution in [0.3, 0.4) is 0 Å². The Kier molecular flexibility index (Phi) is 7.71. The highest BCUT2D eigenvalue weighted by atomic mass is 35.5. The fourth-order valence-electron chi connectivity index (χ4n) is 9.25. The predicted molar refractivity (Wildman–Crippen MR) is 194 cm³/mol. The van der Waals surface area contributed by atoms with Crippen molar-refractivity contribution in [2.24, 2.45) is 5.92 Å². The van der Waals surface area contributed by atoms with Gasteiger partial charge in [0.15, 0.2) is 11.6 Å². The molecule has 3 saturated heterocycles. The predicted octanol–water partition coefficient (Wildman–Crippen LogP) is 5.45. The Morgan fingerprint density at radius 2 is 2.08 bits per heavy atom. The van der Waals surface area contributed by atoms with Crippen LogP contribution in [0.5, 0.6) is 11.8 Å². The number of ether oxygens (including phenoxy) is 2. The van der Waals surface area contributed by atoms with Crippen molar-refractivity contribution in [3.8, 4) is 29.0 Å². The summed E-state index contributed by atoms with van der Waals surface area (Å²) in [5, 5.41) is 16.9. The third-order valence-electron chi connectivity index (χ3n) is 12.2. The molecule has 4 aliphatic heterocycles. The molecule has 4 N–H and O–H groups in total. The van der Waals surface area contributed by atoms with Crippen LogP contribution in [0.4, 0.5) is 24.0 Å². The molecule has 16 heteroatoms. The third-order valence-corrected chi connectivity index (χ3v) is 13.5. The van der Waals surface area contributed by atoms with E-state index in [1.807, 2.05) is 11.0 Å². The van der Waals surface area contributed by atoms with Crippen molar-refractivity contribution in [1.82, 2.24) is 25.5 Å². The van der Waals surface area contributed by atoms with E-state index in [0.717, 1.165) is 30.7 Å². The fraction of sp³-hybridized carbons (Fsp3) is 0.514. The highest BCUT2D eigenvalue weighted by molar-refractivity contribution is 7.23. The molecule has 6 aliphatic rings. The zero-order chi connectivity index (χ0) is 36.3. The topological polar surface area (TPSA) is 152 Å². The van der Waals surface area contributed by atoms with Crippen LogP contribution in [-0.2, 0) is 4.79 Å². The number of aromatic nitrogens is 2. The van der Waals surface area contributed by atoms with Crippen molar-refractivity contribution in [3.63, 3.8) is 0 Å². The number of halogens is 4. The number of alkyl halides is 1. The summed E-state index contributed by atoms with van der Waals surface area (Å²) >= 11 is 7.97. The molecule has 1 amide bonds. The average molecular weight is 765 g/mol. The SMILES string of the molecule is N#Cc1c(N)sc2c(F)ccc(-c3c(Cl)c4c5c(nc(OC[C@@]67CCCN6C[C@H](F)C7)nc5c3F)N(C3CC(NC(=O)[C@@H]5N[C@H]5C5CC5)C3)CCO4)c12. The van der Waals surface area contributed by atoms with Gasteiger partial charge in [0, 0.05) is 42.0 Å². The first-order chi connectivity index (χ1) is 25.6. The highest BCUT2D eigenvalue weighted by Gasteiger charge is 2.52. The number of hydrogen-bond acceptors (Lipinski definition) is 11. The number of amides is 1. The Hall–Kier alpha value is -4.10. The van der Waals surface area contributed by atoms with E-state index in [4.69, 9.17) is 31.8 Å². The molecule has 6 heterocycles. The maximum atomic E-state index is 17.3. The molecule has 4 atom stereocenters. The third kappa shape index (κ3) is 5.31. The van der Waals surface area contributed by atoms with Gasteiger partial charge < -0.3 is 25.4 Å². The molecule has 0 unspecified atom stereocenters. The van der Waals surface area contributed by atoms with Crippen LogP contribution in [-0.4, -0.2) is 89.5 Å². The standard InChI is InChI=1S/C37H36ClF3N8O3S/c38-26-24(20-4-5-22(40)32-23(20)21(13-42)33(43)53-32)27(41)29-25-31(26)51-9-8-49(19-10-18(11-19)44-35(50)30-28(45-30)16-2-3-16)34(25)47-36(46-29)52-15-37-6-1-7-48(37)14-17(39)12-37/h4-5,16-19,28,30,45H,1-3,6-12,14-15,43H2,(H,44,50)/t17-,18?,19?,28+,30-,37+/m1/s1. The number of nitrogens with zero attached hydrogens (tertiary/aromatic N) is 5. The first kappa shape index (κ1) is 33.5. The minimum absolute atomic E-state index is 0.0223. The lowest BCUT2D eigenvalue weighted by molar-refractivity contribution is -0.122. The maximum absolute atomic E-state index is 17.3. The van der Waals surface area contributed by atoms with Gasteiger partial charge in [0.05, 0.1) is 32.8 Å². The van der Waals surface area contributed by atoms with Crippen molar-refractivity contribution < 1.29 is 27.4 Å². The lowest BCUT2D eigenvalue weighted by Gasteiger charge is -2.43. The van der Waals surface area contributed by atoms with E-state index in [1.165, 1.54) is 25.0 Å². The van der Waals surface area contributed by atoms with Gasteiger partial charge in [-0.15, -0.1) is 11.3 Å². The van der Waals surface area contributed by atoms with Gasteiger partial charge in [0.1, 0.15) is 53.6 Å². The van der Waals surface area contributed by atoms with Crippen molar-refractivity contribution in [1.29, 1.82) is 5.26 Å². The molecule has 2 aromatic heterocycles. The summed E-state index contributed by atoms with van der Waals surface area (Å²) in [6.07, 6.45) is 4.71. The second-order valence-electron chi connectivity index (χ2n) is 15.4. The van der Waals surface area contributed by atoms with Crippen molar-refractivity contribution in [2.45, 2.75) is 80.8 Å². The molecule has 0 bridgehead atoms. The number of nitrogen functional groups attached to an aromatic ring is 1. The van der Waals surface area contributed by atoms with Gasteiger partial charge >= 0.3 is 6.01 Å². The molecule has 0 radical (unpaired) electrons. The molecule has 276 valence electrons. The van der Waals surface area contributed by atoms with Gasteiger partial charge in [0.2, 0.25) is 5.91 Å². The molecule has 0 spiro atoms. The van der Waals surface area contributed by atoms with Crippen LogP contribution in [0, 0.1) is 28.9 Å². The second-order valence-corrected chi connectivity index (χ2v) is 16.8. The van der Waals surface area contributed by atoms with E-state index in [2.05, 4.69) is 20.5 Å². The number of anilines is 2. The molecular weight excluding hydrogens is 729 g/mol. The number of rotatable bonds is 8. The number of carbonyl (C=O) groups is 1. The summed E-state index contributed by atoms with van der Waals surface area (Å²) in [5.74, 6) is -0.238. The van der Waals surface area contributed by atoms with E-state index in [1.54, 1.807) is 0 Å². The first-order valence-corrected chi connectivity index (χ1v) is 19.4. The molecule has 2 saturated carbocycles. The van der Waals surface area contributed by atoms with Crippen molar-refractivity contribution >= 4 is 60.7 Å². The Morgan fingerprint density at radius 1 is 1.25 bits per heavy atom. The summed E-state index contributed by atoms with van der Waals surface area (Å²) in [6.45, 7) is 1.82. The smallest absolute Gasteiger partial charge is 0.319 e. The number of nitrogens with one attached hydrogen (secondary N) is 2. The quantitative estimate of drug-likeness (QED) is 0.198. The molecule has 53 heavy (non-hydrogen) atoms. The number of nitrogens with two attached hydrogens (primary N) is 1. The Labute approximate surface area is 311 Å². The monoisotopic (exact) mass is 764 g/mol. The maximum Gasteiger partial charge on any atom is 0.319 e. The van der Waals surface area contributed by atoms with Gasteiger partial charge in [-0.25, -0.2) is 13.2 Å². The van der Waals surface area contributed by atoms with E-state index in [0.29, 0.717) is 44.1 Å². The summed E-state index contributed by atoms with van der Waals surface area (Å²) in [5.41, 5.74) is 5.59. The zero-order valence-electron chi connectivity index (χ0n) is 28.6. The van der Waals surface area contributed by atoms with Crippen LogP contribution in [0.25, 0.3) is 32.1 Å². The second kappa shape index (κ2) is 12.2. The van der Waals surface area contributed by atoms with Gasteiger partial charge in [-0.3, -0.25) is 15.0 Å². The summed E-state index contributed by atoms with van der Waals surface area (Å²) in [7, 11) is 0. The Bertz CT molecular complexity index is 2260. The zero-order valence-corrected chi connectivity index (χ0v) is 30.1. The minimum Gasteiger partial charge on any atom is -0.489 e. The van der Waals surface area contributed by atoms with Crippen molar-refractivity contribution in [3.05, 3.63) is 34.4 Å². The number of thiophene rings is 1. The fourth-order valence-corrected chi connectivity index (χ4v) is 10.5. The minimum atomic E-state index is -0.960. The van der Waals surface area contributed by atoms with E-state index in [-0.39, 0.29) is 103 Å².